The summed E-state index contributed by atoms with van der Waals surface area (Å²) in [6, 6.07) is 0. The molecule has 9 N–H and O–H groups in total. The van der Waals surface area contributed by atoms with Gasteiger partial charge in [-0.1, -0.05) is 0 Å². The third-order valence-electron chi connectivity index (χ3n) is 0. The molecule has 12 heavy (non-hydrogen) atoms. The Hall–Kier alpha value is 0.860. The molecule has 0 amide bonds. The maximum absolute atomic E-state index is 8.74. The fourth-order valence-electron chi connectivity index (χ4n) is 0. The Morgan fingerprint density at radius 2 is 1.08 bits per heavy atom. The Morgan fingerprint density at radius 1 is 1.08 bits per heavy atom. The summed E-state index contributed by atoms with van der Waals surface area (Å²) < 4.78 is 54.4. The second kappa shape index (κ2) is 14.4. The standard InChI is InChI=1S/H3N.Na.H2O4S.H2O3S.H2O.H/c;;1-5(2,3)4;1-4(2)3;;/h1H3;;(H2,1,2,3,4);(H2,1,2,3);1H2;. The molecule has 0 aliphatic rings. The number of hydrogen-bond donors (Lipinski definition) is 5. The van der Waals surface area contributed by atoms with Crippen molar-refractivity contribution >= 4 is 51.3 Å². The van der Waals surface area contributed by atoms with Crippen molar-refractivity contribution in [1.82, 2.24) is 6.15 Å². The van der Waals surface area contributed by atoms with Gasteiger partial charge in [-0.15, -0.1) is 0 Å². The molecule has 0 bridgehead atoms. The normalized spacial score (nSPS) is 7.75. The van der Waals surface area contributed by atoms with Crippen LogP contribution in [-0.4, -0.2) is 65.9 Å². The quantitative estimate of drug-likeness (QED) is 0.176. The molecule has 0 unspecified atom stereocenters. The molecule has 0 saturated heterocycles. The summed E-state index contributed by atoms with van der Waals surface area (Å²) in [5.74, 6) is 0. The number of hydrogen-bond acceptors (Lipinski definition) is 4. The molecule has 0 aliphatic heterocycles. The van der Waals surface area contributed by atoms with Crippen molar-refractivity contribution in [2.45, 2.75) is 0 Å². The van der Waals surface area contributed by atoms with Crippen molar-refractivity contribution in [3.05, 3.63) is 0 Å². The zero-order valence-electron chi connectivity index (χ0n) is 5.04. The predicted octanol–water partition coefficient (Wildman–Crippen LogP) is -2.28. The molecule has 0 rings (SSSR count). The van der Waals surface area contributed by atoms with Crippen molar-refractivity contribution in [2.24, 2.45) is 0 Å². The van der Waals surface area contributed by atoms with Gasteiger partial charge in [-0.05, 0) is 0 Å². The fraction of sp³-hybridized carbons (Fsp3) is 0. The Labute approximate surface area is 93.4 Å². The summed E-state index contributed by atoms with van der Waals surface area (Å²) in [4.78, 5) is 0. The van der Waals surface area contributed by atoms with Gasteiger partial charge in [0, 0.05) is 0 Å². The molecule has 0 saturated carbocycles. The van der Waals surface area contributed by atoms with E-state index >= 15 is 0 Å². The van der Waals surface area contributed by atoms with Crippen molar-refractivity contribution in [2.75, 3.05) is 0 Å². The summed E-state index contributed by atoms with van der Waals surface area (Å²) in [5.41, 5.74) is 0. The van der Waals surface area contributed by atoms with E-state index in [0.29, 0.717) is 0 Å². The van der Waals surface area contributed by atoms with Crippen LogP contribution < -0.4 is 6.15 Å². The molecule has 12 heteroatoms. The van der Waals surface area contributed by atoms with E-state index in [-0.39, 0.29) is 41.2 Å². The van der Waals surface area contributed by atoms with Crippen LogP contribution >= 0.6 is 0 Å². The van der Waals surface area contributed by atoms with Gasteiger partial charge < -0.3 is 11.6 Å². The van der Waals surface area contributed by atoms with Crippen molar-refractivity contribution < 1.29 is 36.3 Å². The molecule has 0 aromatic rings. The Balaban J connectivity index is -0.0000000221. The minimum atomic E-state index is -4.67. The first-order valence-electron chi connectivity index (χ1n) is 1.23. The Morgan fingerprint density at radius 3 is 1.08 bits per heavy atom. The van der Waals surface area contributed by atoms with Gasteiger partial charge in [0.25, 0.3) is 11.4 Å². The molecule has 0 fully saturated rings. The molecule has 9 nitrogen and oxygen atoms in total. The molecule has 0 aliphatic carbocycles. The van der Waals surface area contributed by atoms with Crippen LogP contribution in [0.4, 0.5) is 0 Å². The second-order valence-corrected chi connectivity index (χ2v) is 2.04. The second-order valence-electron chi connectivity index (χ2n) is 0.679. The van der Waals surface area contributed by atoms with E-state index in [1.807, 2.05) is 0 Å². The Bertz CT molecular complexity index is 159. The van der Waals surface area contributed by atoms with Crippen molar-refractivity contribution in [1.29, 1.82) is 0 Å². The van der Waals surface area contributed by atoms with E-state index in [4.69, 9.17) is 30.8 Å². The van der Waals surface area contributed by atoms with Crippen LogP contribution in [0, 0.1) is 0 Å². The summed E-state index contributed by atoms with van der Waals surface area (Å²) in [5, 5.41) is 0. The van der Waals surface area contributed by atoms with Gasteiger partial charge >= 0.3 is 40.0 Å². The van der Waals surface area contributed by atoms with Crippen LogP contribution in [-0.2, 0) is 21.8 Å². The number of rotatable bonds is 0. The maximum atomic E-state index is 8.74. The van der Waals surface area contributed by atoms with Crippen LogP contribution in [0.1, 0.15) is 0 Å². The van der Waals surface area contributed by atoms with E-state index in [1.165, 1.54) is 0 Å². The zero-order valence-corrected chi connectivity index (χ0v) is 6.67. The third-order valence-corrected chi connectivity index (χ3v) is 0. The van der Waals surface area contributed by atoms with Crippen LogP contribution in [0.2, 0.25) is 0 Å². The van der Waals surface area contributed by atoms with Crippen LogP contribution in [0.3, 0.4) is 0 Å². The van der Waals surface area contributed by atoms with Gasteiger partial charge in [-0.2, -0.15) is 12.6 Å². The molecule has 0 aromatic heterocycles. The van der Waals surface area contributed by atoms with Gasteiger partial charge in [0.05, 0.1) is 0 Å². The first-order valence-corrected chi connectivity index (χ1v) is 3.69. The molecule has 0 atom stereocenters. The van der Waals surface area contributed by atoms with Gasteiger partial charge in [-0.25, -0.2) is 0 Å². The van der Waals surface area contributed by atoms with Crippen LogP contribution in [0.25, 0.3) is 0 Å². The first-order chi connectivity index (χ1) is 3.73. The molecule has 0 radical (unpaired) electrons. The van der Waals surface area contributed by atoms with Gasteiger partial charge in [0.15, 0.2) is 0 Å². The fourth-order valence-corrected chi connectivity index (χ4v) is 0. The van der Waals surface area contributed by atoms with Crippen molar-refractivity contribution in [3.63, 3.8) is 0 Å². The minimum absolute atomic E-state index is 0. The third kappa shape index (κ3) is 1430. The van der Waals surface area contributed by atoms with E-state index in [9.17, 15) is 0 Å². The van der Waals surface area contributed by atoms with E-state index in [1.54, 1.807) is 0 Å². The van der Waals surface area contributed by atoms with Gasteiger partial charge in [0.1, 0.15) is 0 Å². The van der Waals surface area contributed by atoms with Crippen LogP contribution in [0.5, 0.6) is 0 Å². The summed E-state index contributed by atoms with van der Waals surface area (Å²) in [6.45, 7) is 0. The Kier molecular flexibility index (Phi) is 35.1. The summed E-state index contributed by atoms with van der Waals surface area (Å²) in [6.07, 6.45) is 0. The van der Waals surface area contributed by atoms with E-state index in [0.717, 1.165) is 0 Å². The topological polar surface area (TPSA) is 199 Å². The predicted molar refractivity (Wildman–Crippen MR) is 43.4 cm³/mol. The van der Waals surface area contributed by atoms with Crippen molar-refractivity contribution in [3.8, 4) is 0 Å². The first kappa shape index (κ1) is 29.3. The SMILES string of the molecule is N.O.O=S(=O)(O)O.O=S(O)O.[NaH]. The average molecular weight is 239 g/mol. The summed E-state index contributed by atoms with van der Waals surface area (Å²) >= 11 is -2.61. The van der Waals surface area contributed by atoms with Gasteiger partial charge in [0.2, 0.25) is 0 Å². The van der Waals surface area contributed by atoms with Gasteiger partial charge in [-0.3, -0.25) is 18.2 Å². The molecule has 0 heterocycles. The molecular weight excluding hydrogens is 229 g/mol. The summed E-state index contributed by atoms with van der Waals surface area (Å²) in [7, 11) is -4.67. The molecule has 0 spiro atoms. The monoisotopic (exact) mass is 239 g/mol. The van der Waals surface area contributed by atoms with Crippen LogP contribution in [0.15, 0.2) is 0 Å². The molecule has 76 valence electrons. The van der Waals surface area contributed by atoms with E-state index < -0.39 is 21.8 Å². The van der Waals surface area contributed by atoms with E-state index in [2.05, 4.69) is 0 Å². The molecule has 0 aromatic carbocycles. The average Bonchev–Trinajstić information content (AvgIpc) is 1.19. The molecular formula is H10NNaO8S2. The zero-order chi connectivity index (χ0) is 8.08.